The third kappa shape index (κ3) is 6.43. The molecule has 0 fully saturated rings. The minimum absolute atomic E-state index is 0.120. The van der Waals surface area contributed by atoms with E-state index in [1.54, 1.807) is 12.1 Å². The lowest BCUT2D eigenvalue weighted by Gasteiger charge is -2.13. The first kappa shape index (κ1) is 19.2. The van der Waals surface area contributed by atoms with Crippen LogP contribution < -0.4 is 20.9 Å². The molecule has 0 aromatic heterocycles. The Morgan fingerprint density at radius 1 is 0.846 bits per heavy atom. The van der Waals surface area contributed by atoms with Crippen LogP contribution in [-0.2, 0) is 17.9 Å². The number of nitrogens with one attached hydrogen (secondary N) is 3. The minimum atomic E-state index is -0.459. The highest BCUT2D eigenvalue weighted by atomic mass is 19.1. The fraction of sp³-hybridized carbons (Fsp3) is 0.263. The first-order valence-corrected chi connectivity index (χ1v) is 8.23. The summed E-state index contributed by atoms with van der Waals surface area (Å²) in [6.07, 6.45) is 0. The number of halogens is 1. The van der Waals surface area contributed by atoms with Gasteiger partial charge in [-0.3, -0.25) is 4.79 Å². The number of anilines is 1. The van der Waals surface area contributed by atoms with Gasteiger partial charge in [0.25, 0.3) is 0 Å². The molecule has 2 aromatic rings. The summed E-state index contributed by atoms with van der Waals surface area (Å²) in [6.45, 7) is 0.530. The molecule has 0 aliphatic rings. The van der Waals surface area contributed by atoms with Crippen molar-refractivity contribution >= 4 is 17.6 Å². The van der Waals surface area contributed by atoms with Crippen LogP contribution in [0.15, 0.2) is 48.5 Å². The van der Waals surface area contributed by atoms with E-state index in [0.717, 1.165) is 16.8 Å². The molecule has 26 heavy (non-hydrogen) atoms. The van der Waals surface area contributed by atoms with Crippen LogP contribution in [0.4, 0.5) is 14.9 Å². The summed E-state index contributed by atoms with van der Waals surface area (Å²) in [5.41, 5.74) is 2.83. The minimum Gasteiger partial charge on any atom is -0.378 e. The summed E-state index contributed by atoms with van der Waals surface area (Å²) in [5.74, 6) is -0.607. The van der Waals surface area contributed by atoms with Crippen LogP contribution in [0.3, 0.4) is 0 Å². The average Bonchev–Trinajstić information content (AvgIpc) is 2.64. The summed E-state index contributed by atoms with van der Waals surface area (Å²) in [5, 5.41) is 7.84. The van der Waals surface area contributed by atoms with Crippen molar-refractivity contribution in [3.05, 3.63) is 65.5 Å². The number of carbonyl (C=O) groups is 2. The van der Waals surface area contributed by atoms with Gasteiger partial charge in [0.05, 0.1) is 6.54 Å². The third-order valence-corrected chi connectivity index (χ3v) is 3.72. The monoisotopic (exact) mass is 358 g/mol. The normalized spacial score (nSPS) is 10.1. The third-order valence-electron chi connectivity index (χ3n) is 3.72. The Morgan fingerprint density at radius 3 is 1.96 bits per heavy atom. The number of hydrogen-bond acceptors (Lipinski definition) is 3. The average molecular weight is 358 g/mol. The van der Waals surface area contributed by atoms with E-state index in [0.29, 0.717) is 6.54 Å². The number of hydrogen-bond donors (Lipinski definition) is 3. The number of amides is 3. The van der Waals surface area contributed by atoms with Crippen molar-refractivity contribution in [2.45, 2.75) is 13.1 Å². The molecule has 0 aliphatic carbocycles. The maximum atomic E-state index is 12.8. The van der Waals surface area contributed by atoms with Gasteiger partial charge in [0.1, 0.15) is 5.82 Å². The molecule has 0 saturated carbocycles. The van der Waals surface area contributed by atoms with Gasteiger partial charge in [-0.15, -0.1) is 0 Å². The van der Waals surface area contributed by atoms with Crippen LogP contribution in [0.2, 0.25) is 0 Å². The van der Waals surface area contributed by atoms with E-state index in [9.17, 15) is 14.0 Å². The Hall–Kier alpha value is -3.09. The molecule has 138 valence electrons. The van der Waals surface area contributed by atoms with Gasteiger partial charge in [-0.1, -0.05) is 24.3 Å². The highest BCUT2D eigenvalue weighted by Gasteiger charge is 2.05. The zero-order valence-electron chi connectivity index (χ0n) is 14.9. The fourth-order valence-electron chi connectivity index (χ4n) is 2.18. The smallest absolute Gasteiger partial charge is 0.315 e. The van der Waals surface area contributed by atoms with Gasteiger partial charge in [0.15, 0.2) is 0 Å². The van der Waals surface area contributed by atoms with Gasteiger partial charge in [0.2, 0.25) is 5.91 Å². The van der Waals surface area contributed by atoms with Crippen molar-refractivity contribution in [2.24, 2.45) is 0 Å². The summed E-state index contributed by atoms with van der Waals surface area (Å²) in [7, 11) is 3.92. The van der Waals surface area contributed by atoms with E-state index in [2.05, 4.69) is 16.0 Å². The molecule has 2 aromatic carbocycles. The molecule has 0 spiro atoms. The summed E-state index contributed by atoms with van der Waals surface area (Å²) >= 11 is 0. The molecule has 0 atom stereocenters. The maximum absolute atomic E-state index is 12.8. The Kier molecular flexibility index (Phi) is 6.96. The quantitative estimate of drug-likeness (QED) is 0.709. The topological polar surface area (TPSA) is 73.5 Å². The lowest BCUT2D eigenvalue weighted by Crippen LogP contribution is -2.41. The van der Waals surface area contributed by atoms with Crippen molar-refractivity contribution in [3.8, 4) is 0 Å². The van der Waals surface area contributed by atoms with E-state index in [-0.39, 0.29) is 24.8 Å². The predicted octanol–water partition coefficient (Wildman–Crippen LogP) is 2.01. The molecule has 0 aliphatic heterocycles. The Balaban J connectivity index is 1.66. The first-order valence-electron chi connectivity index (χ1n) is 8.23. The van der Waals surface area contributed by atoms with Gasteiger partial charge < -0.3 is 20.9 Å². The predicted molar refractivity (Wildman–Crippen MR) is 99.3 cm³/mol. The summed E-state index contributed by atoms with van der Waals surface area (Å²) in [4.78, 5) is 25.5. The van der Waals surface area contributed by atoms with E-state index in [1.807, 2.05) is 43.3 Å². The Bertz CT molecular complexity index is 730. The Labute approximate surface area is 152 Å². The van der Waals surface area contributed by atoms with Gasteiger partial charge >= 0.3 is 6.03 Å². The molecule has 0 unspecified atom stereocenters. The SMILES string of the molecule is CN(C)c1ccc(CNC(=O)CNC(=O)NCc2ccc(F)cc2)cc1. The van der Waals surface area contributed by atoms with Gasteiger partial charge in [0, 0.05) is 32.9 Å². The molecule has 0 bridgehead atoms. The van der Waals surface area contributed by atoms with Crippen molar-refractivity contribution in [2.75, 3.05) is 25.5 Å². The standard InChI is InChI=1S/C19H23FN4O2/c1-24(2)17-9-5-15(6-10-17)11-21-18(25)13-23-19(26)22-12-14-3-7-16(20)8-4-14/h3-10H,11-13H2,1-2H3,(H,21,25)(H2,22,23,26). The number of urea groups is 1. The largest absolute Gasteiger partial charge is 0.378 e. The second kappa shape index (κ2) is 9.41. The molecule has 6 nitrogen and oxygen atoms in total. The first-order chi connectivity index (χ1) is 12.4. The van der Waals surface area contributed by atoms with Gasteiger partial charge in [-0.05, 0) is 35.4 Å². The van der Waals surface area contributed by atoms with Crippen LogP contribution in [0, 0.1) is 5.82 Å². The van der Waals surface area contributed by atoms with Crippen LogP contribution in [-0.4, -0.2) is 32.6 Å². The molecule has 7 heteroatoms. The summed E-state index contributed by atoms with van der Waals surface area (Å²) in [6, 6.07) is 13.2. The molecule has 2 rings (SSSR count). The van der Waals surface area contributed by atoms with E-state index < -0.39 is 6.03 Å². The number of benzene rings is 2. The molecule has 0 radical (unpaired) electrons. The molecule has 3 amide bonds. The zero-order valence-corrected chi connectivity index (χ0v) is 14.9. The van der Waals surface area contributed by atoms with Crippen molar-refractivity contribution in [3.63, 3.8) is 0 Å². The number of carbonyl (C=O) groups excluding carboxylic acids is 2. The lowest BCUT2D eigenvalue weighted by molar-refractivity contribution is -0.120. The van der Waals surface area contributed by atoms with E-state index in [4.69, 9.17) is 0 Å². The van der Waals surface area contributed by atoms with Gasteiger partial charge in [-0.2, -0.15) is 0 Å². The highest BCUT2D eigenvalue weighted by molar-refractivity contribution is 5.83. The van der Waals surface area contributed by atoms with Crippen molar-refractivity contribution in [1.29, 1.82) is 0 Å². The molecule has 3 N–H and O–H groups in total. The fourth-order valence-corrected chi connectivity index (χ4v) is 2.18. The highest BCUT2D eigenvalue weighted by Crippen LogP contribution is 2.11. The second-order valence-corrected chi connectivity index (χ2v) is 6.00. The van der Waals surface area contributed by atoms with E-state index >= 15 is 0 Å². The molecule has 0 heterocycles. The summed E-state index contributed by atoms with van der Waals surface area (Å²) < 4.78 is 12.8. The van der Waals surface area contributed by atoms with E-state index in [1.165, 1.54) is 12.1 Å². The van der Waals surface area contributed by atoms with Crippen LogP contribution in [0.5, 0.6) is 0 Å². The Morgan fingerprint density at radius 2 is 1.38 bits per heavy atom. The van der Waals surface area contributed by atoms with Crippen LogP contribution in [0.1, 0.15) is 11.1 Å². The molecular formula is C19H23FN4O2. The number of nitrogens with zero attached hydrogens (tertiary/aromatic N) is 1. The zero-order chi connectivity index (χ0) is 18.9. The molecular weight excluding hydrogens is 335 g/mol. The maximum Gasteiger partial charge on any atom is 0.315 e. The van der Waals surface area contributed by atoms with Crippen molar-refractivity contribution < 1.29 is 14.0 Å². The van der Waals surface area contributed by atoms with Crippen LogP contribution >= 0.6 is 0 Å². The van der Waals surface area contributed by atoms with Crippen LogP contribution in [0.25, 0.3) is 0 Å². The number of rotatable bonds is 7. The lowest BCUT2D eigenvalue weighted by atomic mass is 10.2. The van der Waals surface area contributed by atoms with Gasteiger partial charge in [-0.25, -0.2) is 9.18 Å². The molecule has 0 saturated heterocycles. The van der Waals surface area contributed by atoms with Crippen molar-refractivity contribution in [1.82, 2.24) is 16.0 Å². The second-order valence-electron chi connectivity index (χ2n) is 6.00.